The lowest BCUT2D eigenvalue weighted by Gasteiger charge is -2.19. The molecule has 5 N–H and O–H groups in total. The first kappa shape index (κ1) is 32.1. The highest BCUT2D eigenvalue weighted by molar-refractivity contribution is 7.85. The number of nitrogens with zero attached hydrogens (tertiary/aromatic N) is 2. The summed E-state index contributed by atoms with van der Waals surface area (Å²) in [5, 5.41) is 16.3. The number of benzene rings is 1. The van der Waals surface area contributed by atoms with Crippen LogP contribution in [0.3, 0.4) is 0 Å². The number of carbonyl (C=O) groups is 3. The number of aliphatic carboxylic acids is 1. The molecule has 2 amide bonds. The Morgan fingerprint density at radius 1 is 1.08 bits per heavy atom. The highest BCUT2D eigenvalue weighted by atomic mass is 32.2. The van der Waals surface area contributed by atoms with E-state index in [1.165, 1.54) is 0 Å². The molecule has 0 fully saturated rings. The molecule has 218 valence electrons. The minimum atomic E-state index is -4.56. The number of nitrogens with one attached hydrogen (secondary N) is 3. The number of carbonyl (C=O) groups excluding carboxylic acids is 2. The Bertz CT molecular complexity index is 1200. The molecule has 1 heterocycles. The van der Waals surface area contributed by atoms with Crippen LogP contribution in [0.25, 0.3) is 10.9 Å². The summed E-state index contributed by atoms with van der Waals surface area (Å²) in [6.07, 6.45) is -0.150. The van der Waals surface area contributed by atoms with Gasteiger partial charge in [-0.05, 0) is 24.6 Å². The van der Waals surface area contributed by atoms with Gasteiger partial charge in [-0.1, -0.05) is 18.2 Å². The smallest absolute Gasteiger partial charge is 0.305 e. The molecule has 1 unspecified atom stereocenters. The van der Waals surface area contributed by atoms with E-state index >= 15 is 0 Å². The fraction of sp³-hybridized carbons (Fsp3) is 0.542. The molecule has 1 aromatic heterocycles. The van der Waals surface area contributed by atoms with E-state index in [-0.39, 0.29) is 52.4 Å². The molecule has 1 atom stereocenters. The Hall–Kier alpha value is -3.08. The molecule has 0 bridgehead atoms. The van der Waals surface area contributed by atoms with Crippen LogP contribution in [0, 0.1) is 0 Å². The molecule has 39 heavy (non-hydrogen) atoms. The maximum absolute atomic E-state index is 12.7. The molecule has 15 heteroatoms. The average molecular weight is 572 g/mol. The van der Waals surface area contributed by atoms with E-state index in [2.05, 4.69) is 16.1 Å². The number of hydrazine groups is 1. The summed E-state index contributed by atoms with van der Waals surface area (Å²) in [4.78, 5) is 35.7. The SMILES string of the molecule is CNN(C)Cc1cc2ccccc2n1CCC(=O)NC(CS(=O)(=O)O)C(=O)NCCOCCOCCC(=O)O. The Morgan fingerprint density at radius 2 is 1.77 bits per heavy atom. The second kappa shape index (κ2) is 16.1. The Labute approximate surface area is 227 Å². The Kier molecular flexibility index (Phi) is 13.3. The van der Waals surface area contributed by atoms with E-state index in [1.54, 1.807) is 7.05 Å². The summed E-state index contributed by atoms with van der Waals surface area (Å²) in [5.74, 6) is -3.29. The molecule has 14 nitrogen and oxygen atoms in total. The predicted octanol–water partition coefficient (Wildman–Crippen LogP) is -0.406. The zero-order valence-corrected chi connectivity index (χ0v) is 22.9. The number of hydrogen-bond acceptors (Lipinski definition) is 9. The summed E-state index contributed by atoms with van der Waals surface area (Å²) >= 11 is 0. The van der Waals surface area contributed by atoms with Crippen LogP contribution in [0.1, 0.15) is 18.5 Å². The van der Waals surface area contributed by atoms with Crippen LogP contribution < -0.4 is 16.1 Å². The number of aryl methyl sites for hydroxylation is 1. The fourth-order valence-electron chi connectivity index (χ4n) is 3.71. The van der Waals surface area contributed by atoms with Crippen LogP contribution in [0.4, 0.5) is 0 Å². The van der Waals surface area contributed by atoms with E-state index in [1.807, 2.05) is 47.0 Å². The monoisotopic (exact) mass is 571 g/mol. The van der Waals surface area contributed by atoms with E-state index in [0.29, 0.717) is 6.54 Å². The van der Waals surface area contributed by atoms with Crippen molar-refractivity contribution < 1.29 is 41.9 Å². The zero-order valence-electron chi connectivity index (χ0n) is 22.1. The third-order valence-electron chi connectivity index (χ3n) is 5.65. The molecular formula is C24H37N5O9S. The van der Waals surface area contributed by atoms with Crippen molar-refractivity contribution in [1.29, 1.82) is 0 Å². The number of aromatic nitrogens is 1. The third kappa shape index (κ3) is 12.1. The number of para-hydroxylation sites is 1. The number of hydrogen-bond donors (Lipinski definition) is 5. The van der Waals surface area contributed by atoms with Gasteiger partial charge >= 0.3 is 5.97 Å². The van der Waals surface area contributed by atoms with Crippen LogP contribution in [-0.4, -0.2) is 104 Å². The zero-order chi connectivity index (χ0) is 28.8. The number of fused-ring (bicyclic) bond motifs is 1. The van der Waals surface area contributed by atoms with Crippen LogP contribution in [0.15, 0.2) is 30.3 Å². The standard InChI is InChI=1S/C24H37N5O9S/c1-25-28(2)16-19-15-18-5-3-4-6-21(18)29(19)10-7-22(30)27-20(17-39(34,35)36)24(33)26-9-12-38-14-13-37-11-8-23(31)32/h3-6,15,20,25H,7-14,16-17H2,1-2H3,(H,26,33)(H,27,30)(H,31,32)(H,34,35,36). The lowest BCUT2D eigenvalue weighted by Crippen LogP contribution is -2.51. The van der Waals surface area contributed by atoms with Gasteiger partial charge in [-0.2, -0.15) is 8.42 Å². The van der Waals surface area contributed by atoms with Gasteiger partial charge in [0.05, 0.1) is 39.4 Å². The number of carboxylic acid groups (broad SMARTS) is 1. The topological polar surface area (TPSA) is 189 Å². The maximum atomic E-state index is 12.7. The molecule has 2 aromatic rings. The van der Waals surface area contributed by atoms with Crippen molar-refractivity contribution in [2.75, 3.05) is 52.8 Å². The Balaban J connectivity index is 1.90. The van der Waals surface area contributed by atoms with E-state index in [4.69, 9.17) is 14.6 Å². The molecule has 0 radical (unpaired) electrons. The van der Waals surface area contributed by atoms with Gasteiger partial charge in [0, 0.05) is 37.8 Å². The van der Waals surface area contributed by atoms with Crippen molar-refractivity contribution in [1.82, 2.24) is 25.6 Å². The largest absolute Gasteiger partial charge is 0.481 e. The van der Waals surface area contributed by atoms with Gasteiger partial charge in [0.1, 0.15) is 11.8 Å². The highest BCUT2D eigenvalue weighted by Gasteiger charge is 2.26. The first-order chi connectivity index (χ1) is 18.5. The normalized spacial score (nSPS) is 12.5. The molecule has 0 aliphatic carbocycles. The molecule has 0 aliphatic rings. The number of ether oxygens (including phenoxy) is 2. The van der Waals surface area contributed by atoms with Crippen molar-refractivity contribution in [3.63, 3.8) is 0 Å². The average Bonchev–Trinajstić information content (AvgIpc) is 3.21. The molecule has 0 saturated heterocycles. The summed E-state index contributed by atoms with van der Waals surface area (Å²) in [6.45, 7) is 1.34. The van der Waals surface area contributed by atoms with Crippen LogP contribution in [0.2, 0.25) is 0 Å². The second-order valence-corrected chi connectivity index (χ2v) is 10.2. The van der Waals surface area contributed by atoms with Crippen molar-refractivity contribution in [3.8, 4) is 0 Å². The number of carboxylic acids is 1. The number of rotatable bonds is 19. The molecular weight excluding hydrogens is 534 g/mol. The lowest BCUT2D eigenvalue weighted by molar-refractivity contribution is -0.138. The van der Waals surface area contributed by atoms with Gasteiger partial charge < -0.3 is 29.8 Å². The lowest BCUT2D eigenvalue weighted by atomic mass is 10.2. The minimum absolute atomic E-state index is 0.0174. The maximum Gasteiger partial charge on any atom is 0.305 e. The van der Waals surface area contributed by atoms with Crippen LogP contribution in [0.5, 0.6) is 0 Å². The van der Waals surface area contributed by atoms with Gasteiger partial charge in [0.25, 0.3) is 10.1 Å². The highest BCUT2D eigenvalue weighted by Crippen LogP contribution is 2.21. The van der Waals surface area contributed by atoms with Gasteiger partial charge in [-0.15, -0.1) is 0 Å². The molecule has 0 saturated carbocycles. The van der Waals surface area contributed by atoms with Crippen molar-refractivity contribution in [2.45, 2.75) is 32.0 Å². The number of amides is 2. The van der Waals surface area contributed by atoms with E-state index in [0.717, 1.165) is 16.6 Å². The van der Waals surface area contributed by atoms with E-state index < -0.39 is 39.7 Å². The second-order valence-electron chi connectivity index (χ2n) is 8.70. The van der Waals surface area contributed by atoms with E-state index in [9.17, 15) is 27.4 Å². The third-order valence-corrected chi connectivity index (χ3v) is 6.40. The van der Waals surface area contributed by atoms with Crippen LogP contribution >= 0.6 is 0 Å². The van der Waals surface area contributed by atoms with Crippen molar-refractivity contribution >= 4 is 38.8 Å². The van der Waals surface area contributed by atoms with Crippen LogP contribution in [-0.2, 0) is 47.1 Å². The molecule has 1 aromatic carbocycles. The summed E-state index contributed by atoms with van der Waals surface area (Å²) in [7, 11) is -0.879. The first-order valence-electron chi connectivity index (χ1n) is 12.4. The first-order valence-corrected chi connectivity index (χ1v) is 14.0. The summed E-state index contributed by atoms with van der Waals surface area (Å²) in [5.41, 5.74) is 4.92. The predicted molar refractivity (Wildman–Crippen MR) is 142 cm³/mol. The van der Waals surface area contributed by atoms with Gasteiger partial charge in [0.2, 0.25) is 11.8 Å². The van der Waals surface area contributed by atoms with Crippen molar-refractivity contribution in [2.24, 2.45) is 0 Å². The molecule has 0 aliphatic heterocycles. The molecule has 0 spiro atoms. The van der Waals surface area contributed by atoms with Gasteiger partial charge in [-0.25, -0.2) is 5.01 Å². The molecule has 2 rings (SSSR count). The minimum Gasteiger partial charge on any atom is -0.481 e. The van der Waals surface area contributed by atoms with Gasteiger partial charge in [-0.3, -0.25) is 24.4 Å². The summed E-state index contributed by atoms with van der Waals surface area (Å²) in [6, 6.07) is 8.26. The summed E-state index contributed by atoms with van der Waals surface area (Å²) < 4.78 is 44.6. The fourth-order valence-corrected chi connectivity index (χ4v) is 4.37. The van der Waals surface area contributed by atoms with Gasteiger partial charge in [0.15, 0.2) is 0 Å². The Morgan fingerprint density at radius 3 is 2.44 bits per heavy atom. The van der Waals surface area contributed by atoms with Crippen molar-refractivity contribution in [3.05, 3.63) is 36.0 Å². The quantitative estimate of drug-likeness (QED) is 0.0838.